The number of rotatable bonds is 9. The second kappa shape index (κ2) is 9.39. The third-order valence-electron chi connectivity index (χ3n) is 3.45. The van der Waals surface area contributed by atoms with Crippen LogP contribution in [0.3, 0.4) is 0 Å². The molecule has 7 heteroatoms. The van der Waals surface area contributed by atoms with Gasteiger partial charge < -0.3 is 10.6 Å². The van der Waals surface area contributed by atoms with Gasteiger partial charge in [0.25, 0.3) is 0 Å². The van der Waals surface area contributed by atoms with Crippen LogP contribution in [0.25, 0.3) is 0 Å². The van der Waals surface area contributed by atoms with E-state index in [0.29, 0.717) is 17.9 Å². The van der Waals surface area contributed by atoms with E-state index >= 15 is 0 Å². The van der Waals surface area contributed by atoms with Crippen molar-refractivity contribution in [2.24, 2.45) is 0 Å². The predicted octanol–water partition coefficient (Wildman–Crippen LogP) is 3.46. The van der Waals surface area contributed by atoms with Crippen molar-refractivity contribution in [2.45, 2.75) is 46.5 Å². The molecule has 0 fully saturated rings. The van der Waals surface area contributed by atoms with Gasteiger partial charge in [-0.25, -0.2) is 13.2 Å². The highest BCUT2D eigenvalue weighted by molar-refractivity contribution is 7.92. The lowest BCUT2D eigenvalue weighted by Crippen LogP contribution is -2.29. The highest BCUT2D eigenvalue weighted by Crippen LogP contribution is 2.20. The number of aryl methyl sites for hydroxylation is 1. The molecule has 0 aliphatic heterocycles. The predicted molar refractivity (Wildman–Crippen MR) is 95.4 cm³/mol. The fraction of sp³-hybridized carbons (Fsp3) is 0.562. The minimum absolute atomic E-state index is 0.0207. The molecule has 6 nitrogen and oxygen atoms in total. The maximum absolute atomic E-state index is 11.8. The molecular weight excluding hydrogens is 314 g/mol. The Labute approximate surface area is 139 Å². The van der Waals surface area contributed by atoms with E-state index in [1.54, 1.807) is 32.0 Å². The molecule has 2 amide bonds. The van der Waals surface area contributed by atoms with Crippen molar-refractivity contribution in [3.05, 3.63) is 23.8 Å². The summed E-state index contributed by atoms with van der Waals surface area (Å²) in [6.07, 6.45) is 4.43. The molecule has 1 aromatic rings. The largest absolute Gasteiger partial charge is 0.338 e. The van der Waals surface area contributed by atoms with E-state index < -0.39 is 10.0 Å². The number of nitrogens with one attached hydrogen (secondary N) is 3. The average Bonchev–Trinajstić information content (AvgIpc) is 2.50. The van der Waals surface area contributed by atoms with Crippen molar-refractivity contribution in [2.75, 3.05) is 22.3 Å². The molecule has 0 heterocycles. The monoisotopic (exact) mass is 341 g/mol. The molecule has 0 atom stereocenters. The minimum atomic E-state index is -3.30. The summed E-state index contributed by atoms with van der Waals surface area (Å²) in [6, 6.07) is 4.82. The summed E-state index contributed by atoms with van der Waals surface area (Å²) < 4.78 is 25.7. The maximum atomic E-state index is 11.8. The fourth-order valence-electron chi connectivity index (χ4n) is 2.02. The highest BCUT2D eigenvalue weighted by Gasteiger charge is 2.09. The van der Waals surface area contributed by atoms with Gasteiger partial charge in [0.1, 0.15) is 0 Å². The second-order valence-electron chi connectivity index (χ2n) is 5.48. The number of urea groups is 1. The first-order valence-corrected chi connectivity index (χ1v) is 9.69. The van der Waals surface area contributed by atoms with E-state index in [1.807, 2.05) is 0 Å². The fourth-order valence-corrected chi connectivity index (χ4v) is 2.73. The quantitative estimate of drug-likeness (QED) is 0.601. The van der Waals surface area contributed by atoms with E-state index in [9.17, 15) is 13.2 Å². The Morgan fingerprint density at radius 2 is 1.87 bits per heavy atom. The van der Waals surface area contributed by atoms with Crippen molar-refractivity contribution in [3.8, 4) is 0 Å². The molecule has 130 valence electrons. The van der Waals surface area contributed by atoms with E-state index in [0.717, 1.165) is 18.4 Å². The Morgan fingerprint density at radius 1 is 1.13 bits per heavy atom. The number of anilines is 2. The Kier molecular flexibility index (Phi) is 7.88. The van der Waals surface area contributed by atoms with Crippen LogP contribution in [0.1, 0.15) is 45.1 Å². The molecule has 1 aromatic carbocycles. The number of carbonyl (C=O) groups excluding carboxylic acids is 1. The zero-order valence-corrected chi connectivity index (χ0v) is 14.9. The first-order valence-electron chi connectivity index (χ1n) is 8.04. The number of amides is 2. The first kappa shape index (κ1) is 19.3. The van der Waals surface area contributed by atoms with Crippen molar-refractivity contribution in [3.63, 3.8) is 0 Å². The molecule has 0 aromatic heterocycles. The Bertz CT molecular complexity index is 615. The topological polar surface area (TPSA) is 87.3 Å². The van der Waals surface area contributed by atoms with Crippen LogP contribution >= 0.6 is 0 Å². The molecule has 0 saturated heterocycles. The van der Waals surface area contributed by atoms with E-state index in [4.69, 9.17) is 0 Å². The van der Waals surface area contributed by atoms with Crippen molar-refractivity contribution < 1.29 is 13.2 Å². The number of hydrogen-bond donors (Lipinski definition) is 3. The number of carbonyl (C=O) groups is 1. The van der Waals surface area contributed by atoms with Crippen LogP contribution in [0.15, 0.2) is 18.2 Å². The summed E-state index contributed by atoms with van der Waals surface area (Å²) in [5.41, 5.74) is 1.91. The summed E-state index contributed by atoms with van der Waals surface area (Å²) in [4.78, 5) is 11.8. The molecule has 1 rings (SSSR count). The Hall–Kier alpha value is -1.76. The van der Waals surface area contributed by atoms with Crippen LogP contribution in [0.5, 0.6) is 0 Å². The summed E-state index contributed by atoms with van der Waals surface area (Å²) in [7, 11) is -3.30. The van der Waals surface area contributed by atoms with Crippen molar-refractivity contribution in [1.82, 2.24) is 5.32 Å². The maximum Gasteiger partial charge on any atom is 0.319 e. The zero-order chi connectivity index (χ0) is 17.3. The van der Waals surface area contributed by atoms with Gasteiger partial charge >= 0.3 is 6.03 Å². The van der Waals surface area contributed by atoms with Gasteiger partial charge in [0.15, 0.2) is 0 Å². The van der Waals surface area contributed by atoms with Crippen molar-refractivity contribution in [1.29, 1.82) is 0 Å². The smallest absolute Gasteiger partial charge is 0.319 e. The normalized spacial score (nSPS) is 11.1. The molecule has 0 spiro atoms. The number of hydrogen-bond acceptors (Lipinski definition) is 3. The van der Waals surface area contributed by atoms with Crippen molar-refractivity contribution >= 4 is 27.4 Å². The van der Waals surface area contributed by atoms with Crippen LogP contribution in [-0.2, 0) is 10.0 Å². The van der Waals surface area contributed by atoms with Gasteiger partial charge in [-0.15, -0.1) is 0 Å². The number of sulfonamides is 1. The molecule has 0 radical (unpaired) electrons. The lowest BCUT2D eigenvalue weighted by molar-refractivity contribution is 0.252. The molecule has 0 bridgehead atoms. The van der Waals surface area contributed by atoms with E-state index in [1.165, 1.54) is 12.8 Å². The minimum Gasteiger partial charge on any atom is -0.338 e. The van der Waals surface area contributed by atoms with Gasteiger partial charge in [-0.2, -0.15) is 0 Å². The van der Waals surface area contributed by atoms with Crippen LogP contribution in [0.2, 0.25) is 0 Å². The average molecular weight is 341 g/mol. The molecule has 0 aliphatic carbocycles. The van der Waals surface area contributed by atoms with Gasteiger partial charge in [-0.3, -0.25) is 4.72 Å². The lowest BCUT2D eigenvalue weighted by Gasteiger charge is -2.12. The van der Waals surface area contributed by atoms with Gasteiger partial charge in [0, 0.05) is 12.2 Å². The zero-order valence-electron chi connectivity index (χ0n) is 14.1. The van der Waals surface area contributed by atoms with Gasteiger partial charge in [-0.1, -0.05) is 26.2 Å². The third-order valence-corrected chi connectivity index (χ3v) is 4.74. The third kappa shape index (κ3) is 7.36. The van der Waals surface area contributed by atoms with Gasteiger partial charge in [-0.05, 0) is 44.0 Å². The van der Waals surface area contributed by atoms with E-state index in [-0.39, 0.29) is 11.8 Å². The van der Waals surface area contributed by atoms with E-state index in [2.05, 4.69) is 22.3 Å². The highest BCUT2D eigenvalue weighted by atomic mass is 32.2. The van der Waals surface area contributed by atoms with Gasteiger partial charge in [0.05, 0.1) is 11.4 Å². The van der Waals surface area contributed by atoms with Crippen LogP contribution in [-0.4, -0.2) is 26.7 Å². The molecule has 0 saturated carbocycles. The molecule has 0 unspecified atom stereocenters. The number of benzene rings is 1. The Balaban J connectivity index is 2.52. The molecular formula is C16H27N3O3S. The first-order chi connectivity index (χ1) is 10.9. The Morgan fingerprint density at radius 3 is 2.48 bits per heavy atom. The SMILES string of the molecule is CCCCCCNC(=O)Nc1ccc(NS(=O)(=O)CC)c(C)c1. The lowest BCUT2D eigenvalue weighted by atomic mass is 10.2. The summed E-state index contributed by atoms with van der Waals surface area (Å²) in [6.45, 7) is 6.17. The summed E-state index contributed by atoms with van der Waals surface area (Å²) in [5.74, 6) is 0.0207. The van der Waals surface area contributed by atoms with Crippen LogP contribution in [0, 0.1) is 6.92 Å². The molecule has 0 aliphatic rings. The van der Waals surface area contributed by atoms with Gasteiger partial charge in [0.2, 0.25) is 10.0 Å². The van der Waals surface area contributed by atoms with Crippen LogP contribution in [0.4, 0.5) is 16.2 Å². The molecule has 23 heavy (non-hydrogen) atoms. The summed E-state index contributed by atoms with van der Waals surface area (Å²) in [5, 5.41) is 5.56. The standard InChI is InChI=1S/C16H27N3O3S/c1-4-6-7-8-11-17-16(20)18-14-9-10-15(13(3)12-14)19-23(21,22)5-2/h9-10,12,19H,4-8,11H2,1-3H3,(H2,17,18,20). The molecule has 3 N–H and O–H groups in total. The second-order valence-corrected chi connectivity index (χ2v) is 7.49. The summed E-state index contributed by atoms with van der Waals surface area (Å²) >= 11 is 0. The van der Waals surface area contributed by atoms with Crippen LogP contribution < -0.4 is 15.4 Å². The number of unbranched alkanes of at least 4 members (excludes halogenated alkanes) is 3.